The number of rotatable bonds is 5. The van der Waals surface area contributed by atoms with Crippen molar-refractivity contribution in [1.29, 1.82) is 0 Å². The molecule has 1 amide bonds. The fourth-order valence-electron chi connectivity index (χ4n) is 2.30. The van der Waals surface area contributed by atoms with E-state index in [1.807, 2.05) is 41.5 Å². The van der Waals surface area contributed by atoms with Crippen LogP contribution in [0.2, 0.25) is 0 Å². The zero-order chi connectivity index (χ0) is 14.7. The number of hydrogen-bond acceptors (Lipinski definition) is 3. The number of fused-ring (bicyclic) bond motifs is 1. The third-order valence-corrected chi connectivity index (χ3v) is 4.08. The number of nitrogen functional groups attached to an aromatic ring is 1. The SMILES string of the molecule is CCN(CC)C(=O)CCn1c(N)nc2cc(I)ccc21. The van der Waals surface area contributed by atoms with Crippen LogP contribution in [0.1, 0.15) is 20.3 Å². The summed E-state index contributed by atoms with van der Waals surface area (Å²) in [7, 11) is 0. The molecular formula is C14H19IN4O. The van der Waals surface area contributed by atoms with Gasteiger partial charge < -0.3 is 15.2 Å². The van der Waals surface area contributed by atoms with Gasteiger partial charge in [-0.15, -0.1) is 0 Å². The Labute approximate surface area is 132 Å². The summed E-state index contributed by atoms with van der Waals surface area (Å²) >= 11 is 2.25. The number of amides is 1. The Bertz CT molecular complexity index is 619. The molecule has 1 aromatic carbocycles. The van der Waals surface area contributed by atoms with Gasteiger partial charge in [-0.2, -0.15) is 0 Å². The van der Waals surface area contributed by atoms with E-state index >= 15 is 0 Å². The third kappa shape index (κ3) is 3.05. The van der Waals surface area contributed by atoms with Gasteiger partial charge in [0.15, 0.2) is 0 Å². The van der Waals surface area contributed by atoms with Gasteiger partial charge in [0.25, 0.3) is 0 Å². The van der Waals surface area contributed by atoms with Crippen LogP contribution in [0.25, 0.3) is 11.0 Å². The lowest BCUT2D eigenvalue weighted by atomic mass is 10.3. The topological polar surface area (TPSA) is 64.2 Å². The molecule has 0 fully saturated rings. The maximum Gasteiger partial charge on any atom is 0.224 e. The summed E-state index contributed by atoms with van der Waals surface area (Å²) in [6.07, 6.45) is 0.448. The predicted molar refractivity (Wildman–Crippen MR) is 89.4 cm³/mol. The average molecular weight is 386 g/mol. The van der Waals surface area contributed by atoms with Crippen molar-refractivity contribution in [1.82, 2.24) is 14.5 Å². The second-order valence-corrected chi connectivity index (χ2v) is 5.82. The minimum absolute atomic E-state index is 0.154. The van der Waals surface area contributed by atoms with Crippen molar-refractivity contribution < 1.29 is 4.79 Å². The molecule has 1 aromatic heterocycles. The molecule has 0 saturated carbocycles. The first kappa shape index (κ1) is 15.1. The van der Waals surface area contributed by atoms with Crippen molar-refractivity contribution in [3.8, 4) is 0 Å². The van der Waals surface area contributed by atoms with Gasteiger partial charge in [-0.05, 0) is 54.6 Å². The number of benzene rings is 1. The van der Waals surface area contributed by atoms with Gasteiger partial charge in [0.1, 0.15) is 0 Å². The van der Waals surface area contributed by atoms with Crippen LogP contribution in [0.3, 0.4) is 0 Å². The summed E-state index contributed by atoms with van der Waals surface area (Å²) in [6, 6.07) is 6.02. The molecule has 0 atom stereocenters. The minimum atomic E-state index is 0.154. The molecule has 108 valence electrons. The van der Waals surface area contributed by atoms with Crippen molar-refractivity contribution in [3.05, 3.63) is 21.8 Å². The van der Waals surface area contributed by atoms with Crippen molar-refractivity contribution in [2.75, 3.05) is 18.8 Å². The molecule has 20 heavy (non-hydrogen) atoms. The second kappa shape index (κ2) is 6.43. The van der Waals surface area contributed by atoms with Crippen LogP contribution in [0, 0.1) is 3.57 Å². The zero-order valence-electron chi connectivity index (χ0n) is 11.8. The third-order valence-electron chi connectivity index (χ3n) is 3.41. The van der Waals surface area contributed by atoms with Gasteiger partial charge >= 0.3 is 0 Å². The van der Waals surface area contributed by atoms with E-state index in [9.17, 15) is 4.79 Å². The summed E-state index contributed by atoms with van der Waals surface area (Å²) in [4.78, 5) is 18.2. The van der Waals surface area contributed by atoms with Crippen LogP contribution in [0.5, 0.6) is 0 Å². The van der Waals surface area contributed by atoms with Crippen molar-refractivity contribution in [3.63, 3.8) is 0 Å². The van der Waals surface area contributed by atoms with Gasteiger partial charge in [0.2, 0.25) is 11.9 Å². The van der Waals surface area contributed by atoms with Crippen LogP contribution in [0.4, 0.5) is 5.95 Å². The van der Waals surface area contributed by atoms with E-state index in [2.05, 4.69) is 27.6 Å². The Morgan fingerprint density at radius 1 is 1.40 bits per heavy atom. The van der Waals surface area contributed by atoms with Crippen LogP contribution < -0.4 is 5.73 Å². The normalized spacial score (nSPS) is 10.9. The number of nitrogens with zero attached hydrogens (tertiary/aromatic N) is 3. The van der Waals surface area contributed by atoms with E-state index in [4.69, 9.17) is 5.73 Å². The second-order valence-electron chi connectivity index (χ2n) is 4.57. The molecule has 5 nitrogen and oxygen atoms in total. The smallest absolute Gasteiger partial charge is 0.224 e. The summed E-state index contributed by atoms with van der Waals surface area (Å²) in [6.45, 7) is 6.04. The van der Waals surface area contributed by atoms with E-state index in [0.29, 0.717) is 18.9 Å². The quantitative estimate of drug-likeness (QED) is 0.804. The van der Waals surface area contributed by atoms with Crippen molar-refractivity contribution in [2.45, 2.75) is 26.8 Å². The summed E-state index contributed by atoms with van der Waals surface area (Å²) in [5, 5.41) is 0. The lowest BCUT2D eigenvalue weighted by molar-refractivity contribution is -0.131. The highest BCUT2D eigenvalue weighted by Gasteiger charge is 2.13. The highest BCUT2D eigenvalue weighted by molar-refractivity contribution is 14.1. The van der Waals surface area contributed by atoms with Gasteiger partial charge in [0.05, 0.1) is 11.0 Å². The Morgan fingerprint density at radius 2 is 2.10 bits per heavy atom. The van der Waals surface area contributed by atoms with Crippen LogP contribution in [0.15, 0.2) is 18.2 Å². The number of carbonyl (C=O) groups excluding carboxylic acids is 1. The summed E-state index contributed by atoms with van der Waals surface area (Å²) < 4.78 is 3.03. The van der Waals surface area contributed by atoms with Gasteiger partial charge in [-0.1, -0.05) is 0 Å². The van der Waals surface area contributed by atoms with Gasteiger partial charge in [-0.25, -0.2) is 4.98 Å². The van der Waals surface area contributed by atoms with Crippen LogP contribution >= 0.6 is 22.6 Å². The van der Waals surface area contributed by atoms with E-state index in [-0.39, 0.29) is 5.91 Å². The maximum atomic E-state index is 12.1. The Morgan fingerprint density at radius 3 is 2.75 bits per heavy atom. The minimum Gasteiger partial charge on any atom is -0.369 e. The number of imidazole rings is 1. The van der Waals surface area contributed by atoms with E-state index < -0.39 is 0 Å². The molecular weight excluding hydrogens is 367 g/mol. The molecule has 0 aliphatic carbocycles. The number of anilines is 1. The predicted octanol–water partition coefficient (Wildman–Crippen LogP) is 2.48. The molecule has 0 aliphatic rings. The average Bonchev–Trinajstić information content (AvgIpc) is 2.72. The summed E-state index contributed by atoms with van der Waals surface area (Å²) in [5.41, 5.74) is 7.82. The molecule has 1 heterocycles. The standard InChI is InChI=1S/C14H19IN4O/c1-3-18(4-2)13(20)7-8-19-12-6-5-10(15)9-11(12)17-14(19)16/h5-6,9H,3-4,7-8H2,1-2H3,(H2,16,17). The van der Waals surface area contributed by atoms with Crippen molar-refractivity contribution in [2.24, 2.45) is 0 Å². The lowest BCUT2D eigenvalue weighted by Gasteiger charge is -2.18. The molecule has 2 rings (SSSR count). The van der Waals surface area contributed by atoms with E-state index in [0.717, 1.165) is 27.7 Å². The highest BCUT2D eigenvalue weighted by Crippen LogP contribution is 2.20. The van der Waals surface area contributed by atoms with Crippen LogP contribution in [-0.4, -0.2) is 33.4 Å². The Balaban J connectivity index is 2.18. The van der Waals surface area contributed by atoms with Crippen LogP contribution in [-0.2, 0) is 11.3 Å². The molecule has 0 unspecified atom stereocenters. The molecule has 0 aliphatic heterocycles. The Kier molecular flexibility index (Phi) is 4.85. The van der Waals surface area contributed by atoms with Crippen molar-refractivity contribution >= 4 is 45.5 Å². The number of aryl methyl sites for hydroxylation is 1. The molecule has 6 heteroatoms. The fraction of sp³-hybridized carbons (Fsp3) is 0.429. The zero-order valence-corrected chi connectivity index (χ0v) is 13.9. The fourth-order valence-corrected chi connectivity index (χ4v) is 2.77. The number of carbonyl (C=O) groups is 1. The lowest BCUT2D eigenvalue weighted by Crippen LogP contribution is -2.31. The first-order valence-electron chi connectivity index (χ1n) is 6.75. The molecule has 2 N–H and O–H groups in total. The number of nitrogens with two attached hydrogens (primary N) is 1. The molecule has 0 bridgehead atoms. The highest BCUT2D eigenvalue weighted by atomic mass is 127. The van der Waals surface area contributed by atoms with E-state index in [1.54, 1.807) is 0 Å². The largest absolute Gasteiger partial charge is 0.369 e. The molecule has 2 aromatic rings. The molecule has 0 saturated heterocycles. The molecule has 0 radical (unpaired) electrons. The monoisotopic (exact) mass is 386 g/mol. The maximum absolute atomic E-state index is 12.1. The molecule has 0 spiro atoms. The van der Waals surface area contributed by atoms with E-state index in [1.165, 1.54) is 0 Å². The van der Waals surface area contributed by atoms with Gasteiger partial charge in [-0.3, -0.25) is 4.79 Å². The number of aromatic nitrogens is 2. The first-order chi connectivity index (χ1) is 9.56. The summed E-state index contributed by atoms with van der Waals surface area (Å²) in [5.74, 6) is 0.621. The number of halogens is 1. The van der Waals surface area contributed by atoms with Gasteiger partial charge in [0, 0.05) is 29.6 Å². The first-order valence-corrected chi connectivity index (χ1v) is 7.83. The number of hydrogen-bond donors (Lipinski definition) is 1. The Hall–Kier alpha value is -1.31.